The van der Waals surface area contributed by atoms with Gasteiger partial charge in [0, 0.05) is 22.7 Å². The van der Waals surface area contributed by atoms with Crippen molar-refractivity contribution in [2.24, 2.45) is 0 Å². The van der Waals surface area contributed by atoms with Crippen molar-refractivity contribution >= 4 is 33.4 Å². The third-order valence-corrected chi connectivity index (χ3v) is 7.65. The molecule has 0 bridgehead atoms. The van der Waals surface area contributed by atoms with Crippen molar-refractivity contribution in [2.45, 2.75) is 49.7 Å². The number of nitrogens with zero attached hydrogens (tertiary/aromatic N) is 2. The predicted octanol–water partition coefficient (Wildman–Crippen LogP) is 3.12. The number of sulfonamides is 1. The molecule has 2 aliphatic rings. The minimum atomic E-state index is -3.52. The van der Waals surface area contributed by atoms with E-state index in [1.54, 1.807) is 53.4 Å². The second kappa shape index (κ2) is 10.4. The fourth-order valence-corrected chi connectivity index (χ4v) is 6.26. The summed E-state index contributed by atoms with van der Waals surface area (Å²) in [6, 6.07) is 14.2. The number of nitriles is 1. The predicted molar refractivity (Wildman–Crippen MR) is 132 cm³/mol. The number of amides is 2. The molecule has 2 aromatic carbocycles. The monoisotopic (exact) mass is 514 g/mol. The fraction of sp³-hybridized carbons (Fsp3) is 0.400. The first-order chi connectivity index (χ1) is 16.7. The molecule has 1 fully saturated rings. The van der Waals surface area contributed by atoms with Crippen molar-refractivity contribution in [3.63, 3.8) is 0 Å². The molecule has 0 spiro atoms. The molecular formula is C25H27ClN4O4S. The van der Waals surface area contributed by atoms with Gasteiger partial charge in [0.2, 0.25) is 15.9 Å². The minimum Gasteiger partial charge on any atom is -0.342 e. The Hall–Kier alpha value is -2.93. The summed E-state index contributed by atoms with van der Waals surface area (Å²) in [4.78, 5) is 29.2. The molecule has 4 atom stereocenters. The number of carbonyl (C=O) groups is 2. The normalized spacial score (nSPS) is 24.4. The second-order valence-electron chi connectivity index (χ2n) is 9.00. The number of rotatable bonds is 6. The summed E-state index contributed by atoms with van der Waals surface area (Å²) in [5.41, 5.74) is 1.68. The molecule has 0 saturated heterocycles. The zero-order chi connectivity index (χ0) is 25.2. The smallest absolute Gasteiger partial charge is 0.255 e. The topological polar surface area (TPSA) is 119 Å². The van der Waals surface area contributed by atoms with Crippen molar-refractivity contribution in [3.05, 3.63) is 70.2 Å². The first-order valence-electron chi connectivity index (χ1n) is 11.5. The fourth-order valence-electron chi connectivity index (χ4n) is 5.31. The van der Waals surface area contributed by atoms with Gasteiger partial charge in [0.15, 0.2) is 0 Å². The molecule has 2 N–H and O–H groups in total. The average molecular weight is 515 g/mol. The van der Waals surface area contributed by atoms with E-state index in [4.69, 9.17) is 16.9 Å². The Balaban J connectivity index is 1.90. The maximum absolute atomic E-state index is 14.0. The highest BCUT2D eigenvalue weighted by Gasteiger charge is 2.48. The van der Waals surface area contributed by atoms with Gasteiger partial charge in [-0.1, -0.05) is 54.8 Å². The number of fused-ring (bicyclic) bond motifs is 1. The standard InChI is InChI=1S/C25H27ClN4O4S/c1-35(33,34)29-20-8-4-5-9-21(20)30-23(16-10-12-17(26)13-11-16)22(24(31)28-15-14-27)18-6-2-3-7-19(18)25(30)32/h2-3,6-7,10-13,20-23,29H,4-5,8-9,15H2,1H3,(H,28,31)/t20-,21?,22+,23-/m0/s1. The van der Waals surface area contributed by atoms with Crippen molar-refractivity contribution in [1.29, 1.82) is 5.26 Å². The molecule has 35 heavy (non-hydrogen) atoms. The summed E-state index contributed by atoms with van der Waals surface area (Å²) < 4.78 is 27.1. The lowest BCUT2D eigenvalue weighted by Crippen LogP contribution is -2.59. The van der Waals surface area contributed by atoms with Gasteiger partial charge in [0.05, 0.1) is 24.3 Å². The molecule has 10 heteroatoms. The van der Waals surface area contributed by atoms with E-state index in [2.05, 4.69) is 10.0 Å². The third kappa shape index (κ3) is 5.35. The molecule has 184 valence electrons. The van der Waals surface area contributed by atoms with Crippen LogP contribution in [-0.4, -0.2) is 50.0 Å². The molecule has 4 rings (SSSR count). The van der Waals surface area contributed by atoms with Gasteiger partial charge < -0.3 is 10.2 Å². The van der Waals surface area contributed by atoms with Gasteiger partial charge in [0.1, 0.15) is 6.54 Å². The highest BCUT2D eigenvalue weighted by molar-refractivity contribution is 7.88. The lowest BCUT2D eigenvalue weighted by Gasteiger charge is -2.49. The molecule has 1 heterocycles. The molecule has 2 amide bonds. The summed E-state index contributed by atoms with van der Waals surface area (Å²) in [6.45, 7) is -0.166. The van der Waals surface area contributed by atoms with Crippen molar-refractivity contribution < 1.29 is 18.0 Å². The van der Waals surface area contributed by atoms with Crippen LogP contribution in [-0.2, 0) is 14.8 Å². The van der Waals surface area contributed by atoms with Crippen LogP contribution < -0.4 is 10.0 Å². The largest absolute Gasteiger partial charge is 0.342 e. The van der Waals surface area contributed by atoms with E-state index >= 15 is 0 Å². The quantitative estimate of drug-likeness (QED) is 0.574. The number of hydrogen-bond donors (Lipinski definition) is 2. The zero-order valence-corrected chi connectivity index (χ0v) is 20.8. The van der Waals surface area contributed by atoms with Gasteiger partial charge in [-0.3, -0.25) is 9.59 Å². The van der Waals surface area contributed by atoms with Crippen LogP contribution in [0.4, 0.5) is 0 Å². The first kappa shape index (κ1) is 25.2. The lowest BCUT2D eigenvalue weighted by atomic mass is 9.76. The number of benzene rings is 2. The third-order valence-electron chi connectivity index (χ3n) is 6.66. The van der Waals surface area contributed by atoms with Crippen LogP contribution in [0.25, 0.3) is 0 Å². The van der Waals surface area contributed by atoms with Crippen LogP contribution >= 0.6 is 11.6 Å². The Morgan fingerprint density at radius 1 is 1.14 bits per heavy atom. The van der Waals surface area contributed by atoms with E-state index in [9.17, 15) is 18.0 Å². The molecule has 8 nitrogen and oxygen atoms in total. The number of hydrogen-bond acceptors (Lipinski definition) is 5. The van der Waals surface area contributed by atoms with E-state index in [-0.39, 0.29) is 18.4 Å². The molecule has 1 aliphatic heterocycles. The van der Waals surface area contributed by atoms with E-state index in [0.717, 1.165) is 19.1 Å². The maximum Gasteiger partial charge on any atom is 0.255 e. The molecular weight excluding hydrogens is 488 g/mol. The molecule has 0 aromatic heterocycles. The van der Waals surface area contributed by atoms with E-state index in [1.807, 2.05) is 6.07 Å². The van der Waals surface area contributed by atoms with Crippen molar-refractivity contribution in [1.82, 2.24) is 14.9 Å². The number of carbonyl (C=O) groups excluding carboxylic acids is 2. The molecule has 0 radical (unpaired) electrons. The van der Waals surface area contributed by atoms with Crippen molar-refractivity contribution in [3.8, 4) is 6.07 Å². The minimum absolute atomic E-state index is 0.166. The molecule has 1 aliphatic carbocycles. The van der Waals surface area contributed by atoms with Crippen LogP contribution in [0.5, 0.6) is 0 Å². The summed E-state index contributed by atoms with van der Waals surface area (Å²) in [5, 5.41) is 12.2. The Morgan fingerprint density at radius 2 is 1.83 bits per heavy atom. The highest BCUT2D eigenvalue weighted by Crippen LogP contribution is 2.46. The van der Waals surface area contributed by atoms with Gasteiger partial charge in [-0.15, -0.1) is 0 Å². The number of nitrogens with one attached hydrogen (secondary N) is 2. The first-order valence-corrected chi connectivity index (χ1v) is 13.8. The Morgan fingerprint density at radius 3 is 2.51 bits per heavy atom. The Kier molecular flexibility index (Phi) is 7.45. The Bertz CT molecular complexity index is 1260. The van der Waals surface area contributed by atoms with E-state index in [1.165, 1.54) is 0 Å². The van der Waals surface area contributed by atoms with Crippen LogP contribution in [0.3, 0.4) is 0 Å². The summed E-state index contributed by atoms with van der Waals surface area (Å²) in [5.74, 6) is -1.42. The molecule has 1 saturated carbocycles. The van der Waals surface area contributed by atoms with Gasteiger partial charge in [-0.25, -0.2) is 13.1 Å². The maximum atomic E-state index is 14.0. The lowest BCUT2D eigenvalue weighted by molar-refractivity contribution is -0.124. The van der Waals surface area contributed by atoms with Crippen LogP contribution in [0.2, 0.25) is 5.02 Å². The Labute approximate surface area is 210 Å². The number of halogens is 1. The van der Waals surface area contributed by atoms with E-state index in [0.29, 0.717) is 34.6 Å². The summed E-state index contributed by atoms with van der Waals surface area (Å²) >= 11 is 6.14. The van der Waals surface area contributed by atoms with Crippen LogP contribution in [0, 0.1) is 11.3 Å². The van der Waals surface area contributed by atoms with Gasteiger partial charge >= 0.3 is 0 Å². The van der Waals surface area contributed by atoms with E-state index < -0.39 is 34.1 Å². The average Bonchev–Trinajstić information content (AvgIpc) is 2.83. The molecule has 2 aromatic rings. The summed E-state index contributed by atoms with van der Waals surface area (Å²) in [6.07, 6.45) is 3.96. The summed E-state index contributed by atoms with van der Waals surface area (Å²) in [7, 11) is -3.52. The SMILES string of the molecule is CS(=O)(=O)N[C@H]1CCCCC1N1C(=O)c2ccccc2[C@@H](C(=O)NCC#N)[C@@H]1c1ccc(Cl)cc1. The van der Waals surface area contributed by atoms with Crippen LogP contribution in [0.1, 0.15) is 59.1 Å². The zero-order valence-electron chi connectivity index (χ0n) is 19.3. The van der Waals surface area contributed by atoms with Crippen molar-refractivity contribution in [2.75, 3.05) is 12.8 Å². The second-order valence-corrected chi connectivity index (χ2v) is 11.2. The molecule has 1 unspecified atom stereocenters. The van der Waals surface area contributed by atoms with Gasteiger partial charge in [-0.05, 0) is 42.2 Å². The highest BCUT2D eigenvalue weighted by atomic mass is 35.5. The van der Waals surface area contributed by atoms with Gasteiger partial charge in [0.25, 0.3) is 5.91 Å². The van der Waals surface area contributed by atoms with Crippen LogP contribution in [0.15, 0.2) is 48.5 Å². The van der Waals surface area contributed by atoms with Gasteiger partial charge in [-0.2, -0.15) is 5.26 Å².